The van der Waals surface area contributed by atoms with Crippen molar-refractivity contribution in [1.82, 2.24) is 0 Å². The quantitative estimate of drug-likeness (QED) is 0.480. The molecule has 0 bridgehead atoms. The molecule has 0 N–H and O–H groups in total. The molecule has 9 heteroatoms. The number of nitrogens with zero attached hydrogens (tertiary/aromatic N) is 2. The molecular formula is C8H5BrN2O6. The predicted octanol–water partition coefficient (Wildman–Crippen LogP) is 2.05. The summed E-state index contributed by atoms with van der Waals surface area (Å²) in [5, 5.41) is 21.2. The number of ether oxygens (including phenoxy) is 1. The molecule has 0 heterocycles. The van der Waals surface area contributed by atoms with E-state index in [-0.39, 0.29) is 10.0 Å². The van der Waals surface area contributed by atoms with Gasteiger partial charge in [0.05, 0.1) is 28.6 Å². The van der Waals surface area contributed by atoms with Gasteiger partial charge in [-0.25, -0.2) is 4.79 Å². The zero-order chi connectivity index (χ0) is 13.2. The van der Waals surface area contributed by atoms with Crippen LogP contribution in [0.15, 0.2) is 16.6 Å². The molecule has 1 aromatic rings. The lowest BCUT2D eigenvalue weighted by molar-refractivity contribution is -0.394. The van der Waals surface area contributed by atoms with Crippen molar-refractivity contribution in [2.45, 2.75) is 0 Å². The van der Waals surface area contributed by atoms with E-state index >= 15 is 0 Å². The van der Waals surface area contributed by atoms with Gasteiger partial charge in [0.2, 0.25) is 0 Å². The van der Waals surface area contributed by atoms with Crippen LogP contribution in [0.5, 0.6) is 0 Å². The number of esters is 1. The third kappa shape index (κ3) is 2.56. The van der Waals surface area contributed by atoms with E-state index in [9.17, 15) is 25.0 Å². The average molecular weight is 305 g/mol. The fourth-order valence-corrected chi connectivity index (χ4v) is 1.63. The molecule has 0 atom stereocenters. The maximum Gasteiger partial charge on any atom is 0.339 e. The minimum absolute atomic E-state index is 0.153. The van der Waals surface area contributed by atoms with E-state index in [4.69, 9.17) is 0 Å². The number of nitro groups is 2. The second-order valence-electron chi connectivity index (χ2n) is 2.83. The minimum Gasteiger partial charge on any atom is -0.465 e. The van der Waals surface area contributed by atoms with Crippen LogP contribution in [-0.4, -0.2) is 22.9 Å². The highest BCUT2D eigenvalue weighted by Crippen LogP contribution is 2.33. The van der Waals surface area contributed by atoms with Crippen LogP contribution in [0.1, 0.15) is 10.4 Å². The van der Waals surface area contributed by atoms with Crippen molar-refractivity contribution in [3.8, 4) is 0 Å². The van der Waals surface area contributed by atoms with Gasteiger partial charge in [0.15, 0.2) is 0 Å². The number of hydrogen-bond donors (Lipinski definition) is 0. The smallest absolute Gasteiger partial charge is 0.339 e. The Bertz CT molecular complexity index is 515. The summed E-state index contributed by atoms with van der Waals surface area (Å²) in [4.78, 5) is 30.9. The van der Waals surface area contributed by atoms with Crippen molar-refractivity contribution in [1.29, 1.82) is 0 Å². The van der Waals surface area contributed by atoms with E-state index < -0.39 is 27.2 Å². The Morgan fingerprint density at radius 2 is 1.88 bits per heavy atom. The van der Waals surface area contributed by atoms with Gasteiger partial charge in [-0.1, -0.05) is 0 Å². The fourth-order valence-electron chi connectivity index (χ4n) is 1.09. The number of halogens is 1. The van der Waals surface area contributed by atoms with E-state index in [0.717, 1.165) is 19.2 Å². The van der Waals surface area contributed by atoms with Gasteiger partial charge in [0.1, 0.15) is 4.47 Å². The molecule has 17 heavy (non-hydrogen) atoms. The minimum atomic E-state index is -0.899. The molecule has 1 aromatic carbocycles. The Morgan fingerprint density at radius 1 is 1.29 bits per heavy atom. The van der Waals surface area contributed by atoms with E-state index in [1.807, 2.05) is 0 Å². The second kappa shape index (κ2) is 4.87. The van der Waals surface area contributed by atoms with E-state index in [1.165, 1.54) is 0 Å². The van der Waals surface area contributed by atoms with Crippen LogP contribution < -0.4 is 0 Å². The number of carbonyl (C=O) groups is 1. The molecule has 0 spiro atoms. The van der Waals surface area contributed by atoms with Crippen molar-refractivity contribution in [3.05, 3.63) is 42.4 Å². The van der Waals surface area contributed by atoms with E-state index in [2.05, 4.69) is 20.7 Å². The first-order chi connectivity index (χ1) is 7.88. The summed E-state index contributed by atoms with van der Waals surface area (Å²) in [6, 6.07) is 1.67. The summed E-state index contributed by atoms with van der Waals surface area (Å²) in [5.41, 5.74) is -1.40. The zero-order valence-corrected chi connectivity index (χ0v) is 9.96. The molecule has 0 radical (unpaired) electrons. The number of hydrogen-bond acceptors (Lipinski definition) is 6. The van der Waals surface area contributed by atoms with E-state index in [0.29, 0.717) is 0 Å². The highest BCUT2D eigenvalue weighted by atomic mass is 79.9. The number of methoxy groups -OCH3 is 1. The van der Waals surface area contributed by atoms with Gasteiger partial charge in [0, 0.05) is 6.07 Å². The summed E-state index contributed by atoms with van der Waals surface area (Å²) in [5.74, 6) is -0.899. The lowest BCUT2D eigenvalue weighted by Crippen LogP contribution is -2.05. The maximum atomic E-state index is 11.3. The third-order valence-corrected chi connectivity index (χ3v) is 2.68. The SMILES string of the molecule is COC(=O)c1cc([N+](=O)[O-])cc([N+](=O)[O-])c1Br. The standard InChI is InChI=1S/C8H5BrN2O6/c1-17-8(12)5-2-4(10(13)14)3-6(7(5)9)11(15)16/h2-3H,1H3. The van der Waals surface area contributed by atoms with Crippen LogP contribution in [0.2, 0.25) is 0 Å². The summed E-state index contributed by atoms with van der Waals surface area (Å²) >= 11 is 2.84. The highest BCUT2D eigenvalue weighted by Gasteiger charge is 2.26. The highest BCUT2D eigenvalue weighted by molar-refractivity contribution is 9.10. The molecule has 0 amide bonds. The van der Waals surface area contributed by atoms with Gasteiger partial charge in [0.25, 0.3) is 11.4 Å². The Labute approximate surface area is 103 Å². The first kappa shape index (κ1) is 13.0. The van der Waals surface area contributed by atoms with Crippen molar-refractivity contribution in [3.63, 3.8) is 0 Å². The maximum absolute atomic E-state index is 11.3. The fraction of sp³-hybridized carbons (Fsp3) is 0.125. The number of carbonyl (C=O) groups excluding carboxylic acids is 1. The molecule has 0 aromatic heterocycles. The molecule has 0 aliphatic heterocycles. The van der Waals surface area contributed by atoms with Crippen LogP contribution in [0, 0.1) is 20.2 Å². The van der Waals surface area contributed by atoms with Gasteiger partial charge in [-0.15, -0.1) is 0 Å². The molecule has 0 aliphatic rings. The Kier molecular flexibility index (Phi) is 3.73. The van der Waals surface area contributed by atoms with Crippen molar-refractivity contribution in [2.75, 3.05) is 7.11 Å². The lowest BCUT2D eigenvalue weighted by Gasteiger charge is -2.03. The second-order valence-corrected chi connectivity index (χ2v) is 3.63. The molecule has 0 saturated heterocycles. The van der Waals surface area contributed by atoms with Gasteiger partial charge < -0.3 is 4.74 Å². The van der Waals surface area contributed by atoms with Gasteiger partial charge in [-0.05, 0) is 15.9 Å². The van der Waals surface area contributed by atoms with Crippen LogP contribution in [0.4, 0.5) is 11.4 Å². The first-order valence-electron chi connectivity index (χ1n) is 4.09. The van der Waals surface area contributed by atoms with Crippen molar-refractivity contribution < 1.29 is 19.4 Å². The van der Waals surface area contributed by atoms with E-state index in [1.54, 1.807) is 0 Å². The largest absolute Gasteiger partial charge is 0.465 e. The Morgan fingerprint density at radius 3 is 2.29 bits per heavy atom. The monoisotopic (exact) mass is 304 g/mol. The summed E-state index contributed by atoms with van der Waals surface area (Å²) in [6.07, 6.45) is 0. The number of rotatable bonds is 3. The normalized spacial score (nSPS) is 9.76. The van der Waals surface area contributed by atoms with Crippen LogP contribution >= 0.6 is 15.9 Å². The Balaban J connectivity index is 3.54. The van der Waals surface area contributed by atoms with Crippen molar-refractivity contribution >= 4 is 33.3 Å². The van der Waals surface area contributed by atoms with Gasteiger partial charge in [-0.3, -0.25) is 20.2 Å². The summed E-state index contributed by atoms with van der Waals surface area (Å²) < 4.78 is 4.22. The molecule has 0 aliphatic carbocycles. The van der Waals surface area contributed by atoms with Crippen LogP contribution in [0.3, 0.4) is 0 Å². The zero-order valence-electron chi connectivity index (χ0n) is 8.38. The topological polar surface area (TPSA) is 113 Å². The molecule has 0 saturated carbocycles. The molecule has 0 unspecified atom stereocenters. The van der Waals surface area contributed by atoms with Crippen LogP contribution in [-0.2, 0) is 4.74 Å². The summed E-state index contributed by atoms with van der Waals surface area (Å²) in [7, 11) is 1.07. The van der Waals surface area contributed by atoms with Crippen molar-refractivity contribution in [2.24, 2.45) is 0 Å². The third-order valence-electron chi connectivity index (χ3n) is 1.85. The number of benzene rings is 1. The predicted molar refractivity (Wildman–Crippen MR) is 58.8 cm³/mol. The number of non-ortho nitro benzene ring substituents is 1. The van der Waals surface area contributed by atoms with Gasteiger partial charge >= 0.3 is 5.97 Å². The number of nitro benzene ring substituents is 2. The molecule has 1 rings (SSSR count). The van der Waals surface area contributed by atoms with Crippen LogP contribution in [0.25, 0.3) is 0 Å². The first-order valence-corrected chi connectivity index (χ1v) is 4.88. The average Bonchev–Trinajstić information content (AvgIpc) is 2.27. The molecule has 90 valence electrons. The molecule has 8 nitrogen and oxygen atoms in total. The molecular weight excluding hydrogens is 300 g/mol. The Hall–Kier alpha value is -2.03. The van der Waals surface area contributed by atoms with Gasteiger partial charge in [-0.2, -0.15) is 0 Å². The molecule has 0 fully saturated rings. The summed E-state index contributed by atoms with van der Waals surface area (Å²) in [6.45, 7) is 0. The lowest BCUT2D eigenvalue weighted by atomic mass is 10.2.